The Labute approximate surface area is 118 Å². The van der Waals surface area contributed by atoms with Crippen molar-refractivity contribution in [2.75, 3.05) is 5.73 Å². The SMILES string of the molecule is CCC(NC(=O)CCc1ccc(N)cc1)c1ncc[nH]1. The third kappa shape index (κ3) is 3.85. The van der Waals surface area contributed by atoms with Crippen LogP contribution in [0.25, 0.3) is 0 Å². The number of imidazole rings is 1. The predicted molar refractivity (Wildman–Crippen MR) is 78.9 cm³/mol. The van der Waals surface area contributed by atoms with Gasteiger partial charge in [-0.05, 0) is 30.5 Å². The number of nitrogens with one attached hydrogen (secondary N) is 2. The number of aryl methyl sites for hydroxylation is 1. The zero-order valence-corrected chi connectivity index (χ0v) is 11.6. The molecule has 1 unspecified atom stereocenters. The monoisotopic (exact) mass is 272 g/mol. The molecular formula is C15H20N4O. The summed E-state index contributed by atoms with van der Waals surface area (Å²) in [4.78, 5) is 19.2. The second kappa shape index (κ2) is 6.75. The van der Waals surface area contributed by atoms with Gasteiger partial charge in [0.1, 0.15) is 5.82 Å². The van der Waals surface area contributed by atoms with Crippen molar-refractivity contribution in [3.05, 3.63) is 48.0 Å². The van der Waals surface area contributed by atoms with Crippen molar-refractivity contribution in [3.63, 3.8) is 0 Å². The highest BCUT2D eigenvalue weighted by Crippen LogP contribution is 2.12. The summed E-state index contributed by atoms with van der Waals surface area (Å²) in [6.07, 6.45) is 5.43. The zero-order valence-electron chi connectivity index (χ0n) is 11.6. The summed E-state index contributed by atoms with van der Waals surface area (Å²) in [6, 6.07) is 7.55. The molecule has 106 valence electrons. The molecule has 0 fully saturated rings. The van der Waals surface area contributed by atoms with E-state index in [0.29, 0.717) is 12.8 Å². The molecule has 0 bridgehead atoms. The lowest BCUT2D eigenvalue weighted by molar-refractivity contribution is -0.121. The quantitative estimate of drug-likeness (QED) is 0.705. The third-order valence-corrected chi connectivity index (χ3v) is 3.21. The van der Waals surface area contributed by atoms with Crippen LogP contribution in [0.2, 0.25) is 0 Å². The second-order valence-electron chi connectivity index (χ2n) is 4.74. The predicted octanol–water partition coefficient (Wildman–Crippen LogP) is 2.19. The molecule has 5 heteroatoms. The first-order valence-electron chi connectivity index (χ1n) is 6.82. The zero-order chi connectivity index (χ0) is 14.4. The van der Waals surface area contributed by atoms with Crippen molar-refractivity contribution in [1.29, 1.82) is 0 Å². The van der Waals surface area contributed by atoms with Crippen molar-refractivity contribution >= 4 is 11.6 Å². The fraction of sp³-hybridized carbons (Fsp3) is 0.333. The summed E-state index contributed by atoms with van der Waals surface area (Å²) in [5, 5.41) is 2.99. The van der Waals surface area contributed by atoms with Gasteiger partial charge in [-0.3, -0.25) is 4.79 Å². The molecule has 1 aromatic carbocycles. The van der Waals surface area contributed by atoms with E-state index in [0.717, 1.165) is 23.5 Å². The Hall–Kier alpha value is -2.30. The van der Waals surface area contributed by atoms with Crippen LogP contribution in [0, 0.1) is 0 Å². The van der Waals surface area contributed by atoms with Crippen LogP contribution in [-0.2, 0) is 11.2 Å². The maximum absolute atomic E-state index is 12.0. The number of carbonyl (C=O) groups is 1. The van der Waals surface area contributed by atoms with Gasteiger partial charge in [0.25, 0.3) is 0 Å². The van der Waals surface area contributed by atoms with Gasteiger partial charge in [-0.1, -0.05) is 19.1 Å². The van der Waals surface area contributed by atoms with Gasteiger partial charge in [-0.25, -0.2) is 4.98 Å². The maximum atomic E-state index is 12.0. The number of anilines is 1. The Morgan fingerprint density at radius 2 is 2.15 bits per heavy atom. The van der Waals surface area contributed by atoms with Crippen LogP contribution >= 0.6 is 0 Å². The van der Waals surface area contributed by atoms with Gasteiger partial charge in [0.15, 0.2) is 0 Å². The van der Waals surface area contributed by atoms with Crippen LogP contribution in [0.5, 0.6) is 0 Å². The second-order valence-corrected chi connectivity index (χ2v) is 4.74. The molecule has 2 rings (SSSR count). The topological polar surface area (TPSA) is 83.8 Å². The van der Waals surface area contributed by atoms with Crippen LogP contribution in [0.3, 0.4) is 0 Å². The molecule has 20 heavy (non-hydrogen) atoms. The normalized spacial score (nSPS) is 12.1. The Kier molecular flexibility index (Phi) is 4.76. The number of nitrogens with two attached hydrogens (primary N) is 1. The van der Waals surface area contributed by atoms with Crippen LogP contribution in [0.4, 0.5) is 5.69 Å². The summed E-state index contributed by atoms with van der Waals surface area (Å²) >= 11 is 0. The van der Waals surface area contributed by atoms with Gasteiger partial charge in [0.2, 0.25) is 5.91 Å². The first-order chi connectivity index (χ1) is 9.69. The van der Waals surface area contributed by atoms with E-state index in [9.17, 15) is 4.79 Å². The summed E-state index contributed by atoms with van der Waals surface area (Å²) in [5.41, 5.74) is 7.48. The number of benzene rings is 1. The molecule has 0 radical (unpaired) electrons. The molecule has 1 atom stereocenters. The van der Waals surface area contributed by atoms with Gasteiger partial charge >= 0.3 is 0 Å². The summed E-state index contributed by atoms with van der Waals surface area (Å²) < 4.78 is 0. The number of hydrogen-bond donors (Lipinski definition) is 3. The highest BCUT2D eigenvalue weighted by Gasteiger charge is 2.14. The van der Waals surface area contributed by atoms with Crippen molar-refractivity contribution in [2.45, 2.75) is 32.2 Å². The first-order valence-corrected chi connectivity index (χ1v) is 6.82. The van der Waals surface area contributed by atoms with Crippen LogP contribution < -0.4 is 11.1 Å². The van der Waals surface area contributed by atoms with E-state index in [4.69, 9.17) is 5.73 Å². The lowest BCUT2D eigenvalue weighted by Gasteiger charge is -2.14. The lowest BCUT2D eigenvalue weighted by atomic mass is 10.1. The number of amides is 1. The Balaban J connectivity index is 1.84. The van der Waals surface area contributed by atoms with E-state index >= 15 is 0 Å². The number of nitrogens with zero attached hydrogens (tertiary/aromatic N) is 1. The standard InChI is InChI=1S/C15H20N4O/c1-2-13(15-17-9-10-18-15)19-14(20)8-5-11-3-6-12(16)7-4-11/h3-4,6-7,9-10,13H,2,5,8,16H2,1H3,(H,17,18)(H,19,20). The first kappa shape index (κ1) is 14.1. The molecule has 1 heterocycles. The Bertz CT molecular complexity index is 534. The highest BCUT2D eigenvalue weighted by molar-refractivity contribution is 5.76. The minimum absolute atomic E-state index is 0.0325. The summed E-state index contributed by atoms with van der Waals surface area (Å²) in [6.45, 7) is 2.02. The number of hydrogen-bond acceptors (Lipinski definition) is 3. The van der Waals surface area contributed by atoms with E-state index in [-0.39, 0.29) is 11.9 Å². The van der Waals surface area contributed by atoms with E-state index in [1.54, 1.807) is 12.4 Å². The van der Waals surface area contributed by atoms with Gasteiger partial charge in [-0.15, -0.1) is 0 Å². The fourth-order valence-corrected chi connectivity index (χ4v) is 2.04. The molecule has 2 aromatic rings. The number of aromatic amines is 1. The number of carbonyl (C=O) groups excluding carboxylic acids is 1. The molecule has 4 N–H and O–H groups in total. The minimum Gasteiger partial charge on any atom is -0.399 e. The number of nitrogen functional groups attached to an aromatic ring is 1. The average molecular weight is 272 g/mol. The molecule has 0 aliphatic heterocycles. The van der Waals surface area contributed by atoms with Gasteiger partial charge < -0.3 is 16.0 Å². The molecule has 5 nitrogen and oxygen atoms in total. The summed E-state index contributed by atoms with van der Waals surface area (Å²) in [7, 11) is 0. The fourth-order valence-electron chi connectivity index (χ4n) is 2.04. The molecule has 0 saturated carbocycles. The lowest BCUT2D eigenvalue weighted by Crippen LogP contribution is -2.29. The molecule has 0 saturated heterocycles. The molecule has 0 aliphatic carbocycles. The van der Waals surface area contributed by atoms with Crippen LogP contribution in [0.15, 0.2) is 36.7 Å². The highest BCUT2D eigenvalue weighted by atomic mass is 16.1. The van der Waals surface area contributed by atoms with Crippen LogP contribution in [-0.4, -0.2) is 15.9 Å². The Morgan fingerprint density at radius 3 is 2.75 bits per heavy atom. The molecule has 1 amide bonds. The van der Waals surface area contributed by atoms with E-state index in [2.05, 4.69) is 15.3 Å². The van der Waals surface area contributed by atoms with Gasteiger partial charge in [0, 0.05) is 24.5 Å². The largest absolute Gasteiger partial charge is 0.399 e. The average Bonchev–Trinajstić information content (AvgIpc) is 2.98. The van der Waals surface area contributed by atoms with E-state index in [1.807, 2.05) is 31.2 Å². The third-order valence-electron chi connectivity index (χ3n) is 3.21. The molecule has 0 aliphatic rings. The minimum atomic E-state index is -0.0519. The Morgan fingerprint density at radius 1 is 1.40 bits per heavy atom. The number of H-pyrrole nitrogens is 1. The van der Waals surface area contributed by atoms with Crippen molar-refractivity contribution < 1.29 is 4.79 Å². The van der Waals surface area contributed by atoms with Crippen molar-refractivity contribution in [2.24, 2.45) is 0 Å². The molecule has 0 spiro atoms. The smallest absolute Gasteiger partial charge is 0.220 e. The van der Waals surface area contributed by atoms with E-state index in [1.165, 1.54) is 0 Å². The van der Waals surface area contributed by atoms with E-state index < -0.39 is 0 Å². The van der Waals surface area contributed by atoms with Gasteiger partial charge in [0.05, 0.1) is 6.04 Å². The molecule has 1 aromatic heterocycles. The van der Waals surface area contributed by atoms with Crippen molar-refractivity contribution in [1.82, 2.24) is 15.3 Å². The maximum Gasteiger partial charge on any atom is 0.220 e. The number of aromatic nitrogens is 2. The van der Waals surface area contributed by atoms with Gasteiger partial charge in [-0.2, -0.15) is 0 Å². The van der Waals surface area contributed by atoms with Crippen LogP contribution in [0.1, 0.15) is 37.2 Å². The molecular weight excluding hydrogens is 252 g/mol. The number of rotatable bonds is 6. The summed E-state index contributed by atoms with van der Waals surface area (Å²) in [5.74, 6) is 0.832. The van der Waals surface area contributed by atoms with Crippen molar-refractivity contribution in [3.8, 4) is 0 Å².